The minimum Gasteiger partial charge on any atom is -0.507 e. The van der Waals surface area contributed by atoms with Gasteiger partial charge in [0.2, 0.25) is 5.91 Å². The number of hydrogen-bond acceptors (Lipinski definition) is 9. The maximum absolute atomic E-state index is 16.2. The lowest BCUT2D eigenvalue weighted by molar-refractivity contribution is -0.181. The molecule has 0 radical (unpaired) electrons. The number of hydrogen-bond donors (Lipinski definition) is 3. The summed E-state index contributed by atoms with van der Waals surface area (Å²) in [6.07, 6.45) is 8.20. The number of nitrogens with two attached hydrogens (primary N) is 1. The second-order valence-electron chi connectivity index (χ2n) is 13.8. The third kappa shape index (κ3) is 4.49. The van der Waals surface area contributed by atoms with E-state index in [9.17, 15) is 34.2 Å². The van der Waals surface area contributed by atoms with Crippen LogP contribution in [-0.4, -0.2) is 87.9 Å². The van der Waals surface area contributed by atoms with Gasteiger partial charge in [0.25, 0.3) is 0 Å². The summed E-state index contributed by atoms with van der Waals surface area (Å²) in [6.45, 7) is 1.94. The van der Waals surface area contributed by atoms with E-state index in [1.807, 2.05) is 0 Å². The van der Waals surface area contributed by atoms with Crippen LogP contribution in [0.1, 0.15) is 72.9 Å². The quantitative estimate of drug-likeness (QED) is 0.438. The number of primary amides is 1. The summed E-state index contributed by atoms with van der Waals surface area (Å²) < 4.78 is 16.2. The Kier molecular flexibility index (Phi) is 7.37. The highest BCUT2D eigenvalue weighted by molar-refractivity contribution is 6.32. The number of aliphatic hydroxyl groups is 1. The largest absolute Gasteiger partial charge is 0.507 e. The van der Waals surface area contributed by atoms with Crippen LogP contribution in [0.5, 0.6) is 5.75 Å². The molecule has 1 aliphatic heterocycles. The van der Waals surface area contributed by atoms with Crippen LogP contribution in [0, 0.1) is 34.9 Å². The third-order valence-electron chi connectivity index (χ3n) is 11.3. The lowest BCUT2D eigenvalue weighted by Crippen LogP contribution is -2.74. The number of likely N-dealkylation sites (N-methyl/N-ethyl adjacent to an activating group) is 1. The first-order valence-corrected chi connectivity index (χ1v) is 15.4. The fourth-order valence-corrected chi connectivity index (χ4v) is 9.05. The van der Waals surface area contributed by atoms with E-state index in [0.29, 0.717) is 5.41 Å². The zero-order chi connectivity index (χ0) is 31.0. The lowest BCUT2D eigenvalue weighted by atomic mass is 9.52. The Morgan fingerprint density at radius 2 is 1.72 bits per heavy atom. The first-order valence-electron chi connectivity index (χ1n) is 15.4. The van der Waals surface area contributed by atoms with Crippen LogP contribution >= 0.6 is 0 Å². The molecule has 1 saturated heterocycles. The summed E-state index contributed by atoms with van der Waals surface area (Å²) in [5.74, 6) is -12.1. The highest BCUT2D eigenvalue weighted by Crippen LogP contribution is 2.51. The number of carbonyl (C=O) groups excluding carboxylic acids is 5. The van der Waals surface area contributed by atoms with Gasteiger partial charge in [-0.05, 0) is 83.1 Å². The lowest BCUT2D eigenvalue weighted by Gasteiger charge is -2.52. The smallest absolute Gasteiger partial charge is 0.235 e. The van der Waals surface area contributed by atoms with Crippen molar-refractivity contribution < 1.29 is 38.6 Å². The van der Waals surface area contributed by atoms with E-state index in [2.05, 4.69) is 4.90 Å². The summed E-state index contributed by atoms with van der Waals surface area (Å²) in [7, 11) is 3.05. The number of nitrogens with zero attached hydrogens (tertiary/aromatic N) is 2. The minimum absolute atomic E-state index is 0.0186. The van der Waals surface area contributed by atoms with Crippen molar-refractivity contribution in [1.82, 2.24) is 9.80 Å². The van der Waals surface area contributed by atoms with E-state index in [4.69, 9.17) is 5.73 Å². The maximum atomic E-state index is 16.2. The molecule has 5 aliphatic rings. The van der Waals surface area contributed by atoms with Crippen LogP contribution in [0.4, 0.5) is 4.39 Å². The second-order valence-corrected chi connectivity index (χ2v) is 13.8. The molecule has 1 heterocycles. The molecule has 1 spiro atoms. The number of fused-ring (bicyclic) bond motifs is 3. The number of aromatic hydroxyl groups is 1. The predicted octanol–water partition coefficient (Wildman–Crippen LogP) is 1.55. The van der Waals surface area contributed by atoms with E-state index < -0.39 is 75.9 Å². The number of phenolic OH excluding ortho intramolecular Hbond substituents is 1. The van der Waals surface area contributed by atoms with Gasteiger partial charge < -0.3 is 15.9 Å². The van der Waals surface area contributed by atoms with Gasteiger partial charge in [-0.2, -0.15) is 0 Å². The molecule has 232 valence electrons. The highest BCUT2D eigenvalue weighted by Gasteiger charge is 2.69. The van der Waals surface area contributed by atoms with Gasteiger partial charge in [-0.15, -0.1) is 0 Å². The van der Waals surface area contributed by atoms with Crippen LogP contribution in [-0.2, 0) is 32.1 Å². The fraction of sp³-hybridized carbons (Fsp3) is 0.656. The molecule has 2 unspecified atom stereocenters. The van der Waals surface area contributed by atoms with Crippen molar-refractivity contribution in [2.45, 2.75) is 76.0 Å². The average molecular weight is 598 g/mol. The fourth-order valence-electron chi connectivity index (χ4n) is 9.05. The van der Waals surface area contributed by atoms with Crippen molar-refractivity contribution in [2.75, 3.05) is 27.2 Å². The third-order valence-corrected chi connectivity index (χ3v) is 11.3. The van der Waals surface area contributed by atoms with Gasteiger partial charge >= 0.3 is 0 Å². The van der Waals surface area contributed by atoms with E-state index in [1.165, 1.54) is 57.2 Å². The number of amides is 1. The number of benzene rings is 1. The molecule has 1 aromatic carbocycles. The summed E-state index contributed by atoms with van der Waals surface area (Å²) in [5, 5.41) is 22.6. The zero-order valence-electron chi connectivity index (χ0n) is 24.7. The number of halogens is 1. The molecule has 3 saturated carbocycles. The van der Waals surface area contributed by atoms with Crippen LogP contribution < -0.4 is 5.73 Å². The summed E-state index contributed by atoms with van der Waals surface area (Å²) in [5.41, 5.74) is 2.91. The van der Waals surface area contributed by atoms with Crippen molar-refractivity contribution in [3.8, 4) is 5.75 Å². The molecule has 1 aromatic rings. The summed E-state index contributed by atoms with van der Waals surface area (Å²) >= 11 is 0. The Hall–Kier alpha value is -3.02. The molecule has 10 nitrogen and oxygen atoms in total. The Labute approximate surface area is 249 Å². The van der Waals surface area contributed by atoms with Gasteiger partial charge in [-0.25, -0.2) is 4.39 Å². The maximum Gasteiger partial charge on any atom is 0.235 e. The SMILES string of the molecule is CN(C)[C@@H]1C(=O)C(C(N)=O)C(=O)[C@@]2(O)C(=O)C3C(=O)c4c(O)cc(CN5CCC6(CCCCC6)CC5)c(F)c4C[C@H]3C[C@@H]12. The summed E-state index contributed by atoms with van der Waals surface area (Å²) in [6, 6.07) is 0.0513. The Morgan fingerprint density at radius 1 is 1.07 bits per heavy atom. The van der Waals surface area contributed by atoms with Crippen molar-refractivity contribution in [1.29, 1.82) is 0 Å². The molecule has 0 bridgehead atoms. The molecule has 0 aromatic heterocycles. The first kappa shape index (κ1) is 30.0. The van der Waals surface area contributed by atoms with Gasteiger partial charge in [-0.3, -0.25) is 33.8 Å². The van der Waals surface area contributed by atoms with Crippen LogP contribution in [0.2, 0.25) is 0 Å². The van der Waals surface area contributed by atoms with E-state index in [-0.39, 0.29) is 36.1 Å². The van der Waals surface area contributed by atoms with E-state index in [1.54, 1.807) is 0 Å². The summed E-state index contributed by atoms with van der Waals surface area (Å²) in [4.78, 5) is 70.0. The number of phenols is 1. The normalized spacial score (nSPS) is 34.2. The number of carbonyl (C=O) groups is 5. The Balaban J connectivity index is 1.31. The molecule has 4 fully saturated rings. The van der Waals surface area contributed by atoms with Crippen LogP contribution in [0.3, 0.4) is 0 Å². The standard InChI is InChI=1S/C32H40FN3O7/c1-35(2)25-19-13-16-12-18-22(26(38)21(16)28(40)32(19,43)29(41)23(27(25)39)30(34)42)20(37)14-17(24(18)33)15-36-10-8-31(9-11-36)6-4-3-5-7-31/h14,16,19,21,23,25,37,43H,3-13,15H2,1-2H3,(H2,34,42)/t16-,19-,21?,23?,25-,32-/m0/s1. The molecule has 6 rings (SSSR count). The topological polar surface area (TPSA) is 158 Å². The molecule has 43 heavy (non-hydrogen) atoms. The average Bonchev–Trinajstić information content (AvgIpc) is 2.94. The number of rotatable bonds is 4. The molecule has 1 amide bonds. The molecule has 11 heteroatoms. The van der Waals surface area contributed by atoms with Crippen molar-refractivity contribution >= 4 is 29.0 Å². The van der Waals surface area contributed by atoms with Gasteiger partial charge in [0, 0.05) is 23.6 Å². The van der Waals surface area contributed by atoms with Gasteiger partial charge in [0.1, 0.15) is 11.6 Å². The first-order chi connectivity index (χ1) is 20.3. The number of ketones is 4. The van der Waals surface area contributed by atoms with Crippen LogP contribution in [0.15, 0.2) is 6.07 Å². The Bertz CT molecular complexity index is 1410. The highest BCUT2D eigenvalue weighted by atomic mass is 19.1. The van der Waals surface area contributed by atoms with E-state index in [0.717, 1.165) is 25.9 Å². The molecular weight excluding hydrogens is 557 g/mol. The monoisotopic (exact) mass is 597 g/mol. The number of likely N-dealkylation sites (tertiary alicyclic amines) is 1. The second kappa shape index (κ2) is 10.6. The van der Waals surface area contributed by atoms with E-state index >= 15 is 4.39 Å². The van der Waals surface area contributed by atoms with Crippen LogP contribution in [0.25, 0.3) is 0 Å². The number of piperidine rings is 1. The van der Waals surface area contributed by atoms with Crippen molar-refractivity contribution in [3.05, 3.63) is 28.6 Å². The van der Waals surface area contributed by atoms with Crippen molar-refractivity contribution in [3.63, 3.8) is 0 Å². The Morgan fingerprint density at radius 3 is 2.33 bits per heavy atom. The zero-order valence-corrected chi connectivity index (χ0v) is 24.7. The molecular formula is C32H40FN3O7. The minimum atomic E-state index is -2.80. The molecule has 4 N–H and O–H groups in total. The van der Waals surface area contributed by atoms with Gasteiger partial charge in [0.05, 0.1) is 17.5 Å². The number of Topliss-reactive ketones (excluding diaryl/α,β-unsaturated/α-hetero) is 4. The van der Waals surface area contributed by atoms with Crippen molar-refractivity contribution in [2.24, 2.45) is 34.8 Å². The predicted molar refractivity (Wildman–Crippen MR) is 151 cm³/mol. The van der Waals surface area contributed by atoms with Gasteiger partial charge in [0.15, 0.2) is 34.7 Å². The molecule has 4 aliphatic carbocycles. The molecule has 6 atom stereocenters. The van der Waals surface area contributed by atoms with Gasteiger partial charge in [-0.1, -0.05) is 19.3 Å².